The molecule has 1 aromatic carbocycles. The predicted molar refractivity (Wildman–Crippen MR) is 64.6 cm³/mol. The van der Waals surface area contributed by atoms with Gasteiger partial charge in [0, 0.05) is 11.6 Å². The highest BCUT2D eigenvalue weighted by Gasteiger charge is 2.13. The molecule has 0 aliphatic heterocycles. The molecule has 0 spiro atoms. The minimum atomic E-state index is -0.251. The van der Waals surface area contributed by atoms with E-state index in [1.54, 1.807) is 27.2 Å². The Morgan fingerprint density at radius 3 is 2.47 bits per heavy atom. The molecule has 1 aromatic rings. The number of esters is 1. The molecule has 0 aromatic heterocycles. The fourth-order valence-electron chi connectivity index (χ4n) is 1.64. The van der Waals surface area contributed by atoms with Gasteiger partial charge in [0.15, 0.2) is 0 Å². The van der Waals surface area contributed by atoms with Crippen molar-refractivity contribution in [1.82, 2.24) is 0 Å². The molecule has 0 amide bonds. The Hall–Kier alpha value is -1.71. The van der Waals surface area contributed by atoms with E-state index >= 15 is 0 Å². The molecule has 0 unspecified atom stereocenters. The second kappa shape index (κ2) is 6.13. The molecule has 0 bridgehead atoms. The van der Waals surface area contributed by atoms with E-state index in [0.29, 0.717) is 18.1 Å². The van der Waals surface area contributed by atoms with Crippen molar-refractivity contribution < 1.29 is 19.0 Å². The molecule has 4 heteroatoms. The summed E-state index contributed by atoms with van der Waals surface area (Å²) in [6.07, 6.45) is 0.215. The topological polar surface area (TPSA) is 44.8 Å². The highest BCUT2D eigenvalue weighted by molar-refractivity contribution is 5.74. The number of hydrogen-bond donors (Lipinski definition) is 0. The van der Waals surface area contributed by atoms with Gasteiger partial charge in [-0.2, -0.15) is 0 Å². The molecule has 0 heterocycles. The first-order chi connectivity index (χ1) is 8.12. The zero-order chi connectivity index (χ0) is 12.8. The van der Waals surface area contributed by atoms with Crippen LogP contribution in [0.25, 0.3) is 0 Å². The molecule has 4 nitrogen and oxygen atoms in total. The van der Waals surface area contributed by atoms with Crippen LogP contribution in [-0.2, 0) is 16.0 Å². The SMILES string of the molecule is CCOC(=O)Cc1c(C)cc(OC)cc1OC. The van der Waals surface area contributed by atoms with Gasteiger partial charge in [0.25, 0.3) is 0 Å². The summed E-state index contributed by atoms with van der Waals surface area (Å²) < 4.78 is 15.3. The van der Waals surface area contributed by atoms with Crippen molar-refractivity contribution in [1.29, 1.82) is 0 Å². The summed E-state index contributed by atoms with van der Waals surface area (Å²) in [7, 11) is 3.17. The standard InChI is InChI=1S/C13H18O4/c1-5-17-13(14)8-11-9(2)6-10(15-3)7-12(11)16-4/h6-7H,5,8H2,1-4H3. The lowest BCUT2D eigenvalue weighted by Gasteiger charge is -2.13. The Morgan fingerprint density at radius 2 is 1.94 bits per heavy atom. The van der Waals surface area contributed by atoms with Gasteiger partial charge in [-0.3, -0.25) is 4.79 Å². The van der Waals surface area contributed by atoms with Gasteiger partial charge in [0.1, 0.15) is 11.5 Å². The number of hydrogen-bond acceptors (Lipinski definition) is 4. The molecule has 0 aliphatic rings. The molecule has 0 radical (unpaired) electrons. The van der Waals surface area contributed by atoms with E-state index in [0.717, 1.165) is 11.1 Å². The number of aryl methyl sites for hydroxylation is 1. The molecule has 0 saturated heterocycles. The summed E-state index contributed by atoms with van der Waals surface area (Å²) in [6, 6.07) is 3.64. The maximum Gasteiger partial charge on any atom is 0.310 e. The molecular weight excluding hydrogens is 220 g/mol. The first-order valence-electron chi connectivity index (χ1n) is 5.49. The lowest BCUT2D eigenvalue weighted by atomic mass is 10.0. The molecule has 0 aliphatic carbocycles. The molecular formula is C13H18O4. The van der Waals surface area contributed by atoms with Crippen LogP contribution >= 0.6 is 0 Å². The van der Waals surface area contributed by atoms with Crippen LogP contribution in [0.3, 0.4) is 0 Å². The first kappa shape index (κ1) is 13.4. The summed E-state index contributed by atoms with van der Waals surface area (Å²) in [5, 5.41) is 0. The first-order valence-corrected chi connectivity index (χ1v) is 5.49. The smallest absolute Gasteiger partial charge is 0.310 e. The van der Waals surface area contributed by atoms with Gasteiger partial charge in [0.2, 0.25) is 0 Å². The average Bonchev–Trinajstić information content (AvgIpc) is 2.31. The van der Waals surface area contributed by atoms with Crippen molar-refractivity contribution in [3.63, 3.8) is 0 Å². The van der Waals surface area contributed by atoms with Crippen LogP contribution in [0.4, 0.5) is 0 Å². The second-order valence-electron chi connectivity index (χ2n) is 3.61. The fraction of sp³-hybridized carbons (Fsp3) is 0.462. The number of carbonyl (C=O) groups is 1. The summed E-state index contributed by atoms with van der Waals surface area (Å²) in [6.45, 7) is 4.09. The van der Waals surface area contributed by atoms with Crippen LogP contribution in [0.5, 0.6) is 11.5 Å². The number of benzene rings is 1. The quantitative estimate of drug-likeness (QED) is 0.737. The molecule has 0 fully saturated rings. The summed E-state index contributed by atoms with van der Waals surface area (Å²) in [4.78, 5) is 11.5. The zero-order valence-corrected chi connectivity index (χ0v) is 10.7. The van der Waals surface area contributed by atoms with E-state index in [1.165, 1.54) is 0 Å². The number of ether oxygens (including phenoxy) is 3. The molecule has 1 rings (SSSR count). The van der Waals surface area contributed by atoms with Crippen molar-refractivity contribution in [3.8, 4) is 11.5 Å². The average molecular weight is 238 g/mol. The predicted octanol–water partition coefficient (Wildman–Crippen LogP) is 2.12. The van der Waals surface area contributed by atoms with E-state index in [4.69, 9.17) is 14.2 Å². The van der Waals surface area contributed by atoms with Crippen molar-refractivity contribution >= 4 is 5.97 Å². The number of rotatable bonds is 5. The third kappa shape index (κ3) is 3.37. The molecule has 94 valence electrons. The largest absolute Gasteiger partial charge is 0.497 e. The van der Waals surface area contributed by atoms with Crippen LogP contribution in [0.15, 0.2) is 12.1 Å². The maximum atomic E-state index is 11.5. The van der Waals surface area contributed by atoms with E-state index in [-0.39, 0.29) is 12.4 Å². The van der Waals surface area contributed by atoms with Crippen molar-refractivity contribution in [3.05, 3.63) is 23.3 Å². The third-order valence-electron chi connectivity index (χ3n) is 2.49. The minimum Gasteiger partial charge on any atom is -0.497 e. The fourth-order valence-corrected chi connectivity index (χ4v) is 1.64. The van der Waals surface area contributed by atoms with Crippen LogP contribution in [0, 0.1) is 6.92 Å². The Bertz CT molecular complexity index is 399. The van der Waals surface area contributed by atoms with Crippen molar-refractivity contribution in [2.24, 2.45) is 0 Å². The summed E-state index contributed by atoms with van der Waals surface area (Å²) >= 11 is 0. The highest BCUT2D eigenvalue weighted by atomic mass is 16.5. The lowest BCUT2D eigenvalue weighted by Crippen LogP contribution is -2.10. The minimum absolute atomic E-state index is 0.215. The molecule has 0 atom stereocenters. The van der Waals surface area contributed by atoms with E-state index < -0.39 is 0 Å². The maximum absolute atomic E-state index is 11.5. The Balaban J connectivity index is 3.01. The van der Waals surface area contributed by atoms with Gasteiger partial charge >= 0.3 is 5.97 Å². The summed E-state index contributed by atoms with van der Waals surface area (Å²) in [5.41, 5.74) is 1.79. The van der Waals surface area contributed by atoms with Gasteiger partial charge in [-0.05, 0) is 25.5 Å². The summed E-state index contributed by atoms with van der Waals surface area (Å²) in [5.74, 6) is 1.11. The lowest BCUT2D eigenvalue weighted by molar-refractivity contribution is -0.142. The zero-order valence-electron chi connectivity index (χ0n) is 10.7. The van der Waals surface area contributed by atoms with Gasteiger partial charge in [-0.15, -0.1) is 0 Å². The molecule has 17 heavy (non-hydrogen) atoms. The van der Waals surface area contributed by atoms with Gasteiger partial charge in [-0.25, -0.2) is 0 Å². The van der Waals surface area contributed by atoms with E-state index in [1.807, 2.05) is 13.0 Å². The van der Waals surface area contributed by atoms with Crippen LogP contribution in [-0.4, -0.2) is 26.8 Å². The Kier molecular flexibility index (Phi) is 4.82. The Morgan fingerprint density at radius 1 is 1.24 bits per heavy atom. The van der Waals surface area contributed by atoms with Gasteiger partial charge in [-0.1, -0.05) is 0 Å². The monoisotopic (exact) mass is 238 g/mol. The molecule has 0 N–H and O–H groups in total. The Labute approximate surface area is 101 Å². The molecule has 0 saturated carbocycles. The number of methoxy groups -OCH3 is 2. The van der Waals surface area contributed by atoms with Gasteiger partial charge < -0.3 is 14.2 Å². The third-order valence-corrected chi connectivity index (χ3v) is 2.49. The normalized spacial score (nSPS) is 9.88. The van der Waals surface area contributed by atoms with E-state index in [2.05, 4.69) is 0 Å². The van der Waals surface area contributed by atoms with Crippen LogP contribution < -0.4 is 9.47 Å². The van der Waals surface area contributed by atoms with Crippen molar-refractivity contribution in [2.75, 3.05) is 20.8 Å². The number of carbonyl (C=O) groups excluding carboxylic acids is 1. The highest BCUT2D eigenvalue weighted by Crippen LogP contribution is 2.28. The van der Waals surface area contributed by atoms with Gasteiger partial charge in [0.05, 0.1) is 27.2 Å². The van der Waals surface area contributed by atoms with Crippen LogP contribution in [0.1, 0.15) is 18.1 Å². The van der Waals surface area contributed by atoms with Crippen molar-refractivity contribution in [2.45, 2.75) is 20.3 Å². The van der Waals surface area contributed by atoms with Crippen LogP contribution in [0.2, 0.25) is 0 Å². The second-order valence-corrected chi connectivity index (χ2v) is 3.61. The van der Waals surface area contributed by atoms with E-state index in [9.17, 15) is 4.79 Å².